The first-order chi connectivity index (χ1) is 7.93. The topological polar surface area (TPSA) is 34.0 Å². The fourth-order valence-corrected chi connectivity index (χ4v) is 2.45. The highest BCUT2D eigenvalue weighted by Crippen LogP contribution is 2.15. The van der Waals surface area contributed by atoms with Crippen LogP contribution in [0.25, 0.3) is 0 Å². The Morgan fingerprint density at radius 2 is 2.12 bits per heavy atom. The second-order valence-electron chi connectivity index (χ2n) is 4.83. The molecule has 1 atom stereocenters. The van der Waals surface area contributed by atoms with Crippen LogP contribution in [-0.2, 0) is 6.54 Å². The molecule has 4 heteroatoms. The summed E-state index contributed by atoms with van der Waals surface area (Å²) in [7, 11) is 0. The van der Waals surface area contributed by atoms with Gasteiger partial charge < -0.3 is 9.88 Å². The van der Waals surface area contributed by atoms with Crippen molar-refractivity contribution in [1.82, 2.24) is 9.88 Å². The Balaban J connectivity index is 2.69. The zero-order chi connectivity index (χ0) is 13.0. The molecule has 0 aromatic carbocycles. The van der Waals surface area contributed by atoms with E-state index in [-0.39, 0.29) is 11.9 Å². The van der Waals surface area contributed by atoms with E-state index in [0.29, 0.717) is 5.92 Å². The third-order valence-electron chi connectivity index (χ3n) is 2.64. The smallest absolute Gasteiger partial charge is 0.268 e. The second-order valence-corrected chi connectivity index (χ2v) is 5.75. The highest BCUT2D eigenvalue weighted by atomic mass is 79.9. The Kier molecular flexibility index (Phi) is 5.25. The molecule has 0 aliphatic rings. The van der Waals surface area contributed by atoms with Crippen molar-refractivity contribution in [3.8, 4) is 0 Å². The van der Waals surface area contributed by atoms with E-state index >= 15 is 0 Å². The van der Waals surface area contributed by atoms with Gasteiger partial charge in [0.25, 0.3) is 5.91 Å². The number of carbonyl (C=O) groups excluding carboxylic acids is 1. The van der Waals surface area contributed by atoms with Gasteiger partial charge in [-0.3, -0.25) is 4.79 Å². The van der Waals surface area contributed by atoms with Crippen molar-refractivity contribution in [2.75, 3.05) is 0 Å². The van der Waals surface area contributed by atoms with Gasteiger partial charge in [-0.15, -0.1) is 0 Å². The number of rotatable bonds is 5. The molecule has 1 amide bonds. The first-order valence-electron chi connectivity index (χ1n) is 6.10. The number of aromatic nitrogens is 1. The minimum Gasteiger partial charge on any atom is -0.348 e. The van der Waals surface area contributed by atoms with Crippen molar-refractivity contribution in [3.05, 3.63) is 22.4 Å². The zero-order valence-electron chi connectivity index (χ0n) is 11.0. The number of hydrogen-bond donors (Lipinski definition) is 1. The van der Waals surface area contributed by atoms with E-state index in [2.05, 4.69) is 35.1 Å². The summed E-state index contributed by atoms with van der Waals surface area (Å²) in [6, 6.07) is 2.07. The van der Waals surface area contributed by atoms with Crippen molar-refractivity contribution >= 4 is 21.8 Å². The monoisotopic (exact) mass is 300 g/mol. The van der Waals surface area contributed by atoms with Crippen molar-refractivity contribution in [3.63, 3.8) is 0 Å². The number of nitrogens with zero attached hydrogens (tertiary/aromatic N) is 1. The standard InChI is InChI=1S/C13H21BrN2O/c1-5-16-8-11(14)7-12(16)13(17)15-10(4)6-9(2)3/h7-10H,5-6H2,1-4H3,(H,15,17). The predicted octanol–water partition coefficient (Wildman–Crippen LogP) is 3.43. The van der Waals surface area contributed by atoms with Crippen LogP contribution >= 0.6 is 15.9 Å². The fraction of sp³-hybridized carbons (Fsp3) is 0.615. The summed E-state index contributed by atoms with van der Waals surface area (Å²) in [6.07, 6.45) is 2.93. The summed E-state index contributed by atoms with van der Waals surface area (Å²) in [5.41, 5.74) is 0.718. The molecule has 1 heterocycles. The molecule has 1 rings (SSSR count). The lowest BCUT2D eigenvalue weighted by Crippen LogP contribution is -2.34. The van der Waals surface area contributed by atoms with Crippen LogP contribution in [0.15, 0.2) is 16.7 Å². The number of nitrogens with one attached hydrogen (secondary N) is 1. The molecule has 0 aliphatic carbocycles. The molecule has 1 N–H and O–H groups in total. The predicted molar refractivity (Wildman–Crippen MR) is 74.2 cm³/mol. The van der Waals surface area contributed by atoms with Crippen molar-refractivity contribution < 1.29 is 4.79 Å². The van der Waals surface area contributed by atoms with Gasteiger partial charge in [0.2, 0.25) is 0 Å². The molecule has 1 aromatic rings. The first-order valence-corrected chi connectivity index (χ1v) is 6.89. The molecule has 96 valence electrons. The molecule has 17 heavy (non-hydrogen) atoms. The average molecular weight is 301 g/mol. The Hall–Kier alpha value is -0.770. The SMILES string of the molecule is CCn1cc(Br)cc1C(=O)NC(C)CC(C)C. The van der Waals surface area contributed by atoms with Crippen LogP contribution in [0.5, 0.6) is 0 Å². The van der Waals surface area contributed by atoms with E-state index in [0.717, 1.165) is 23.1 Å². The summed E-state index contributed by atoms with van der Waals surface area (Å²) in [5, 5.41) is 3.03. The van der Waals surface area contributed by atoms with Gasteiger partial charge in [0.1, 0.15) is 5.69 Å². The molecule has 0 spiro atoms. The number of carbonyl (C=O) groups is 1. The third kappa shape index (κ3) is 4.19. The second kappa shape index (κ2) is 6.24. The molecule has 0 radical (unpaired) electrons. The van der Waals surface area contributed by atoms with Gasteiger partial charge in [0.15, 0.2) is 0 Å². The van der Waals surface area contributed by atoms with Crippen molar-refractivity contribution in [2.24, 2.45) is 5.92 Å². The van der Waals surface area contributed by atoms with Crippen LogP contribution in [0.4, 0.5) is 0 Å². The van der Waals surface area contributed by atoms with E-state index in [1.54, 1.807) is 0 Å². The highest BCUT2D eigenvalue weighted by molar-refractivity contribution is 9.10. The number of amides is 1. The molecule has 0 saturated carbocycles. The Labute approximate surface area is 112 Å². The maximum Gasteiger partial charge on any atom is 0.268 e. The summed E-state index contributed by atoms with van der Waals surface area (Å²) in [6.45, 7) is 9.20. The van der Waals surface area contributed by atoms with Crippen LogP contribution in [0.2, 0.25) is 0 Å². The lowest BCUT2D eigenvalue weighted by Gasteiger charge is -2.16. The largest absolute Gasteiger partial charge is 0.348 e. The molecule has 1 unspecified atom stereocenters. The number of aryl methyl sites for hydroxylation is 1. The molecule has 3 nitrogen and oxygen atoms in total. The Bertz CT molecular complexity index is 385. The van der Waals surface area contributed by atoms with E-state index in [9.17, 15) is 4.79 Å². The van der Waals surface area contributed by atoms with Gasteiger partial charge in [-0.05, 0) is 48.2 Å². The highest BCUT2D eigenvalue weighted by Gasteiger charge is 2.15. The zero-order valence-corrected chi connectivity index (χ0v) is 12.5. The van der Waals surface area contributed by atoms with E-state index in [1.165, 1.54) is 0 Å². The lowest BCUT2D eigenvalue weighted by atomic mass is 10.1. The third-order valence-corrected chi connectivity index (χ3v) is 3.07. The minimum atomic E-state index is 0.00528. The maximum atomic E-state index is 12.1. The Morgan fingerprint density at radius 3 is 2.65 bits per heavy atom. The maximum absolute atomic E-state index is 12.1. The molecule has 0 fully saturated rings. The van der Waals surface area contributed by atoms with Crippen LogP contribution < -0.4 is 5.32 Å². The van der Waals surface area contributed by atoms with Gasteiger partial charge >= 0.3 is 0 Å². The summed E-state index contributed by atoms with van der Waals surface area (Å²) >= 11 is 3.40. The number of hydrogen-bond acceptors (Lipinski definition) is 1. The van der Waals surface area contributed by atoms with Crippen molar-refractivity contribution in [2.45, 2.75) is 46.7 Å². The first kappa shape index (κ1) is 14.3. The summed E-state index contributed by atoms with van der Waals surface area (Å²) < 4.78 is 2.89. The normalized spacial score (nSPS) is 12.8. The van der Waals surface area contributed by atoms with Crippen molar-refractivity contribution in [1.29, 1.82) is 0 Å². The van der Waals surface area contributed by atoms with Crippen LogP contribution in [0.1, 0.15) is 44.6 Å². The van der Waals surface area contributed by atoms with Crippen LogP contribution in [0.3, 0.4) is 0 Å². The van der Waals surface area contributed by atoms with Crippen LogP contribution in [-0.4, -0.2) is 16.5 Å². The number of halogens is 1. The quantitative estimate of drug-likeness (QED) is 0.888. The van der Waals surface area contributed by atoms with Gasteiger partial charge in [-0.25, -0.2) is 0 Å². The van der Waals surface area contributed by atoms with Gasteiger partial charge in [-0.2, -0.15) is 0 Å². The van der Waals surface area contributed by atoms with Gasteiger partial charge in [-0.1, -0.05) is 13.8 Å². The average Bonchev–Trinajstić information content (AvgIpc) is 2.58. The molecule has 0 bridgehead atoms. The van der Waals surface area contributed by atoms with Gasteiger partial charge in [0, 0.05) is 23.3 Å². The minimum absolute atomic E-state index is 0.00528. The summed E-state index contributed by atoms with van der Waals surface area (Å²) in [5.74, 6) is 0.598. The van der Waals surface area contributed by atoms with E-state index in [1.807, 2.05) is 30.7 Å². The molecule has 0 aliphatic heterocycles. The van der Waals surface area contributed by atoms with E-state index < -0.39 is 0 Å². The van der Waals surface area contributed by atoms with Gasteiger partial charge in [0.05, 0.1) is 0 Å². The molecular formula is C13H21BrN2O. The molecule has 1 aromatic heterocycles. The molecular weight excluding hydrogens is 280 g/mol. The lowest BCUT2D eigenvalue weighted by molar-refractivity contribution is 0.0927. The fourth-order valence-electron chi connectivity index (χ4n) is 1.99. The Morgan fingerprint density at radius 1 is 1.47 bits per heavy atom. The van der Waals surface area contributed by atoms with Crippen LogP contribution in [0, 0.1) is 5.92 Å². The van der Waals surface area contributed by atoms with E-state index in [4.69, 9.17) is 0 Å². The summed E-state index contributed by atoms with van der Waals surface area (Å²) in [4.78, 5) is 12.1. The molecule has 0 saturated heterocycles.